The summed E-state index contributed by atoms with van der Waals surface area (Å²) >= 11 is 0. The first-order valence-electron chi connectivity index (χ1n) is 18.5. The van der Waals surface area contributed by atoms with E-state index in [0.717, 1.165) is 64.4 Å². The Hall–Kier alpha value is -3.61. The molecule has 2 aliphatic carbocycles. The number of nitrogens with zero attached hydrogens (tertiary/aromatic N) is 2. The predicted octanol–water partition coefficient (Wildman–Crippen LogP) is 11.2. The van der Waals surface area contributed by atoms with Crippen LogP contribution in [0.1, 0.15) is 114 Å². The van der Waals surface area contributed by atoms with Crippen molar-refractivity contribution in [3.8, 4) is 11.1 Å². The molecule has 2 aromatic rings. The maximum atomic E-state index is 13.4. The van der Waals surface area contributed by atoms with Gasteiger partial charge in [-0.05, 0) is 117 Å². The van der Waals surface area contributed by atoms with Gasteiger partial charge in [0.05, 0.1) is 6.42 Å². The molecule has 1 heterocycles. The van der Waals surface area contributed by atoms with Crippen LogP contribution in [0.5, 0.6) is 0 Å². The molecule has 3 aliphatic rings. The quantitative estimate of drug-likeness (QED) is 0.235. The lowest BCUT2D eigenvalue weighted by atomic mass is 9.82. The molecule has 7 heteroatoms. The van der Waals surface area contributed by atoms with Gasteiger partial charge in [0.1, 0.15) is 0 Å². The summed E-state index contributed by atoms with van der Waals surface area (Å²) in [7, 11) is 1.82. The van der Waals surface area contributed by atoms with E-state index >= 15 is 0 Å². The third kappa shape index (κ3) is 8.95. The third-order valence-corrected chi connectivity index (χ3v) is 11.0. The van der Waals surface area contributed by atoms with E-state index in [2.05, 4.69) is 85.9 Å². The van der Waals surface area contributed by atoms with Crippen LogP contribution < -0.4 is 20.4 Å². The zero-order chi connectivity index (χ0) is 35.3. The van der Waals surface area contributed by atoms with Gasteiger partial charge in [0.25, 0.3) is 0 Å². The number of hydrogen-bond donors (Lipinski definition) is 2. The van der Waals surface area contributed by atoms with E-state index in [0.29, 0.717) is 18.5 Å². The largest absolute Gasteiger partial charge is 0.390 e. The molecule has 2 saturated carbocycles. The number of anilines is 2. The summed E-state index contributed by atoms with van der Waals surface area (Å²) in [5.74, 6) is 0.376. The number of allylic oxidation sites excluding steroid dienone is 3. The summed E-state index contributed by atoms with van der Waals surface area (Å²) in [5.41, 5.74) is 12.8. The Kier molecular flexibility index (Phi) is 11.9. The highest BCUT2D eigenvalue weighted by Gasteiger charge is 2.29. The molecule has 49 heavy (non-hydrogen) atoms. The van der Waals surface area contributed by atoms with Gasteiger partial charge >= 0.3 is 6.18 Å². The lowest BCUT2D eigenvalue weighted by molar-refractivity contribution is -0.132. The van der Waals surface area contributed by atoms with Crippen molar-refractivity contribution in [2.45, 2.75) is 116 Å². The molecule has 0 unspecified atom stereocenters. The van der Waals surface area contributed by atoms with Gasteiger partial charge in [-0.15, -0.1) is 0 Å². The molecule has 5 rings (SSSR count). The third-order valence-electron chi connectivity index (χ3n) is 11.0. The van der Waals surface area contributed by atoms with Crippen LogP contribution >= 0.6 is 0 Å². The van der Waals surface area contributed by atoms with E-state index in [1.165, 1.54) is 73.8 Å². The molecular formula is C42H57F3N4. The number of dihydropyridines is 1. The normalized spacial score (nSPS) is 17.9. The van der Waals surface area contributed by atoms with Gasteiger partial charge in [0.15, 0.2) is 0 Å². The zero-order valence-corrected chi connectivity index (χ0v) is 30.5. The van der Waals surface area contributed by atoms with Gasteiger partial charge in [-0.3, -0.25) is 0 Å². The minimum Gasteiger partial charge on any atom is -0.381 e. The molecule has 0 atom stereocenters. The maximum absolute atomic E-state index is 13.4. The molecule has 0 bridgehead atoms. The molecule has 0 radical (unpaired) electrons. The molecule has 0 aromatic heterocycles. The van der Waals surface area contributed by atoms with Crippen LogP contribution in [0.2, 0.25) is 0 Å². The van der Waals surface area contributed by atoms with E-state index < -0.39 is 12.6 Å². The van der Waals surface area contributed by atoms with E-state index in [9.17, 15) is 13.2 Å². The van der Waals surface area contributed by atoms with Gasteiger partial charge in [-0.2, -0.15) is 13.2 Å². The van der Waals surface area contributed by atoms with E-state index in [4.69, 9.17) is 0 Å². The van der Waals surface area contributed by atoms with E-state index in [-0.39, 0.29) is 6.54 Å². The van der Waals surface area contributed by atoms with Gasteiger partial charge < -0.3 is 20.4 Å². The first kappa shape index (κ1) is 36.7. The Morgan fingerprint density at radius 3 is 2.20 bits per heavy atom. The fraction of sp³-hybridized carbons (Fsp3) is 0.524. The average Bonchev–Trinajstić information content (AvgIpc) is 3.08. The van der Waals surface area contributed by atoms with Crippen LogP contribution in [0.3, 0.4) is 0 Å². The molecule has 0 spiro atoms. The Morgan fingerprint density at radius 2 is 1.57 bits per heavy atom. The number of halogens is 3. The van der Waals surface area contributed by atoms with Crippen molar-refractivity contribution in [2.75, 3.05) is 36.5 Å². The second-order valence-electron chi connectivity index (χ2n) is 14.6. The van der Waals surface area contributed by atoms with Gasteiger partial charge in [-0.1, -0.05) is 63.8 Å². The van der Waals surface area contributed by atoms with Crippen molar-refractivity contribution in [3.63, 3.8) is 0 Å². The van der Waals surface area contributed by atoms with E-state index in [1.807, 2.05) is 18.9 Å². The monoisotopic (exact) mass is 674 g/mol. The lowest BCUT2D eigenvalue weighted by Crippen LogP contribution is -2.37. The molecule has 4 nitrogen and oxygen atoms in total. The van der Waals surface area contributed by atoms with Crippen molar-refractivity contribution in [3.05, 3.63) is 88.8 Å². The first-order valence-corrected chi connectivity index (χ1v) is 18.5. The summed E-state index contributed by atoms with van der Waals surface area (Å²) in [6.45, 7) is 18.8. The molecule has 0 amide bonds. The SMILES string of the molecule is C=C1NC(C)=CC(C)=C1CNC(=C)c1cc(-c2ccc(C3CCCCC3)c(N(C)CCC(F)(F)F)c2)cc(N(CC)C2CCCCC2)c1C. The first-order chi connectivity index (χ1) is 23.4. The Morgan fingerprint density at radius 1 is 0.918 bits per heavy atom. The molecule has 2 N–H and O–H groups in total. The number of rotatable bonds is 12. The molecule has 2 fully saturated rings. The summed E-state index contributed by atoms with van der Waals surface area (Å²) in [5, 5.41) is 6.98. The van der Waals surface area contributed by atoms with Crippen molar-refractivity contribution < 1.29 is 13.2 Å². The lowest BCUT2D eigenvalue weighted by Gasteiger charge is -2.37. The Balaban J connectivity index is 1.57. The van der Waals surface area contributed by atoms with Gasteiger partial charge in [0, 0.05) is 66.8 Å². The minimum atomic E-state index is -4.20. The van der Waals surface area contributed by atoms with Gasteiger partial charge in [-0.25, -0.2) is 0 Å². The van der Waals surface area contributed by atoms with Crippen LogP contribution in [0.15, 0.2) is 72.1 Å². The second-order valence-corrected chi connectivity index (χ2v) is 14.6. The number of benzene rings is 2. The minimum absolute atomic E-state index is 0.0623. The fourth-order valence-electron chi connectivity index (χ4n) is 8.26. The van der Waals surface area contributed by atoms with Crippen LogP contribution in [0.4, 0.5) is 24.5 Å². The molecule has 266 valence electrons. The van der Waals surface area contributed by atoms with Gasteiger partial charge in [0.2, 0.25) is 0 Å². The van der Waals surface area contributed by atoms with Crippen molar-refractivity contribution in [1.29, 1.82) is 0 Å². The summed E-state index contributed by atoms with van der Waals surface area (Å²) in [6, 6.07) is 11.5. The molecule has 0 saturated heterocycles. The fourth-order valence-corrected chi connectivity index (χ4v) is 8.26. The van der Waals surface area contributed by atoms with Crippen LogP contribution in [-0.2, 0) is 0 Å². The number of alkyl halides is 3. The highest BCUT2D eigenvalue weighted by atomic mass is 19.4. The standard InChI is InChI=1S/C42H57F3N4/c1-8-49(36-17-13-10-14-18-36)40-26-35(24-38(30(40)4)31(5)46-27-39-28(2)23-29(3)47-32(39)6)34-19-20-37(33-15-11-9-12-16-33)41(25-34)48(7)22-21-42(43,44)45/h19-20,23-26,33,36,46-47H,5-6,8-18,21-22,27H2,1-4,7H3. The number of hydrogen-bond acceptors (Lipinski definition) is 4. The maximum Gasteiger partial charge on any atom is 0.390 e. The zero-order valence-electron chi connectivity index (χ0n) is 30.5. The molecular weight excluding hydrogens is 617 g/mol. The second kappa shape index (κ2) is 15.9. The van der Waals surface area contributed by atoms with Crippen molar-refractivity contribution in [1.82, 2.24) is 10.6 Å². The Labute approximate surface area is 293 Å². The van der Waals surface area contributed by atoms with Crippen LogP contribution in [0, 0.1) is 6.92 Å². The van der Waals surface area contributed by atoms with E-state index in [1.54, 1.807) is 0 Å². The summed E-state index contributed by atoms with van der Waals surface area (Å²) < 4.78 is 40.1. The predicted molar refractivity (Wildman–Crippen MR) is 202 cm³/mol. The molecule has 1 aliphatic heterocycles. The summed E-state index contributed by atoms with van der Waals surface area (Å²) in [4.78, 5) is 4.41. The molecule has 2 aromatic carbocycles. The average molecular weight is 675 g/mol. The topological polar surface area (TPSA) is 30.5 Å². The summed E-state index contributed by atoms with van der Waals surface area (Å²) in [6.07, 6.45) is 9.01. The van der Waals surface area contributed by atoms with Crippen LogP contribution in [0.25, 0.3) is 16.8 Å². The highest BCUT2D eigenvalue weighted by Crippen LogP contribution is 2.42. The highest BCUT2D eigenvalue weighted by molar-refractivity contribution is 5.81. The van der Waals surface area contributed by atoms with Crippen molar-refractivity contribution >= 4 is 17.1 Å². The smallest absolute Gasteiger partial charge is 0.381 e. The van der Waals surface area contributed by atoms with Crippen molar-refractivity contribution in [2.24, 2.45) is 0 Å². The van der Waals surface area contributed by atoms with Crippen LogP contribution in [-0.4, -0.2) is 38.9 Å². The number of nitrogens with one attached hydrogen (secondary N) is 2. The Bertz CT molecular complexity index is 1570.